The molecular formula is C42H48N8Ni2O2-2. The summed E-state index contributed by atoms with van der Waals surface area (Å²) in [6.45, 7) is 25.1. The first-order chi connectivity index (χ1) is 24.6. The monoisotopic (exact) mass is 812 g/mol. The summed E-state index contributed by atoms with van der Waals surface area (Å²) < 4.78 is 7.46. The number of imidazole rings is 2. The molecule has 12 heteroatoms. The maximum Gasteiger partial charge on any atom is 0.120 e. The summed E-state index contributed by atoms with van der Waals surface area (Å²) in [6, 6.07) is 17.2. The molecule has 0 atom stereocenters. The molecular weight excluding hydrogens is 766 g/mol. The Morgan fingerprint density at radius 3 is 0.593 bits per heavy atom. The predicted molar refractivity (Wildman–Crippen MR) is 211 cm³/mol. The average molecular weight is 814 g/mol. The summed E-state index contributed by atoms with van der Waals surface area (Å²) in [6.07, 6.45) is 7.72. The Bertz CT molecular complexity index is 1950. The molecule has 0 bridgehead atoms. The molecule has 10 nitrogen and oxygen atoms in total. The van der Waals surface area contributed by atoms with E-state index < -0.39 is 0 Å². The van der Waals surface area contributed by atoms with Crippen LogP contribution in [0.25, 0.3) is 33.6 Å². The molecule has 0 N–H and O–H groups in total. The van der Waals surface area contributed by atoms with E-state index in [0.717, 1.165) is 67.3 Å². The molecule has 0 fully saturated rings. The van der Waals surface area contributed by atoms with Gasteiger partial charge < -0.3 is 29.1 Å². The van der Waals surface area contributed by atoms with E-state index in [2.05, 4.69) is 132 Å². The summed E-state index contributed by atoms with van der Waals surface area (Å²) in [5.41, 5.74) is 30.3. The minimum atomic E-state index is 0. The van der Waals surface area contributed by atoms with Crippen molar-refractivity contribution >= 4 is 0 Å². The zero-order valence-electron chi connectivity index (χ0n) is 33.0. The van der Waals surface area contributed by atoms with Crippen LogP contribution in [0.15, 0.2) is 73.3 Å². The van der Waals surface area contributed by atoms with Crippen molar-refractivity contribution in [3.63, 3.8) is 0 Å². The second-order valence-electron chi connectivity index (χ2n) is 13.7. The third-order valence-corrected chi connectivity index (χ3v) is 9.10. The number of rotatable bonds is 4. The summed E-state index contributed by atoms with van der Waals surface area (Å²) in [5, 5.41) is 21.8. The van der Waals surface area contributed by atoms with Gasteiger partial charge >= 0.3 is 0 Å². The number of hydrogen-bond donors (Lipinski definition) is 0. The van der Waals surface area contributed by atoms with Crippen molar-refractivity contribution < 1.29 is 33.0 Å². The number of nitrogens with zero attached hydrogens (tertiary/aromatic N) is 8. The van der Waals surface area contributed by atoms with E-state index in [0.29, 0.717) is 0 Å². The third kappa shape index (κ3) is 9.79. The average Bonchev–Trinajstić information content (AvgIpc) is 3.60. The fourth-order valence-corrected chi connectivity index (χ4v) is 7.67. The molecule has 6 rings (SSSR count). The van der Waals surface area contributed by atoms with Crippen LogP contribution in [-0.4, -0.2) is 18.3 Å². The molecule has 0 aliphatic heterocycles. The summed E-state index contributed by atoms with van der Waals surface area (Å²) in [4.78, 5) is 14.5. The second-order valence-corrected chi connectivity index (χ2v) is 13.7. The molecule has 0 aliphatic carbocycles. The molecule has 0 aliphatic rings. The van der Waals surface area contributed by atoms with Crippen LogP contribution in [0.5, 0.6) is 0 Å². The van der Waals surface area contributed by atoms with Gasteiger partial charge in [0.05, 0.1) is 0 Å². The molecule has 2 heterocycles. The standard InChI is InChI=1S/2C21H24N3.2NO.2Ni/c2*1-13-9-15(3)19(16(4)10-13)23-7-8-24(21(23)22)20-17(5)11-14(2)12-18(20)6;2*1-2;;/h2*7-12H,1-6H3;;;;/q2*-1;;;;. The number of aryl methyl sites for hydroxylation is 12. The number of aromatic nitrogens is 4. The van der Waals surface area contributed by atoms with Crippen LogP contribution in [0.1, 0.15) is 66.8 Å². The van der Waals surface area contributed by atoms with Crippen molar-refractivity contribution in [3.05, 3.63) is 172 Å². The Morgan fingerprint density at radius 2 is 0.463 bits per heavy atom. The van der Waals surface area contributed by atoms with Gasteiger partial charge in [-0.2, -0.15) is 0 Å². The molecule has 0 saturated carbocycles. The first-order valence-corrected chi connectivity index (χ1v) is 16.9. The van der Waals surface area contributed by atoms with Gasteiger partial charge in [-0.05, 0) is 175 Å². The minimum Gasteiger partial charge on any atom is -0.374 e. The quantitative estimate of drug-likeness (QED) is 0.165. The van der Waals surface area contributed by atoms with Crippen LogP contribution in [0.4, 0.5) is 0 Å². The van der Waals surface area contributed by atoms with Gasteiger partial charge in [-0.15, -0.1) is 9.81 Å². The molecule has 54 heavy (non-hydrogen) atoms. The molecule has 6 aromatic rings. The predicted octanol–water partition coefficient (Wildman–Crippen LogP) is 8.28. The first-order valence-electron chi connectivity index (χ1n) is 16.9. The molecule has 290 valence electrons. The van der Waals surface area contributed by atoms with Crippen LogP contribution in [0.3, 0.4) is 0 Å². The minimum absolute atomic E-state index is 0. The largest absolute Gasteiger partial charge is 0.374 e. The zero-order valence-corrected chi connectivity index (χ0v) is 34.9. The number of hydrogen-bond acceptors (Lipinski definition) is 2. The van der Waals surface area contributed by atoms with Crippen molar-refractivity contribution in [1.82, 2.24) is 29.5 Å². The smallest absolute Gasteiger partial charge is 0.120 e. The normalized spacial score (nSPS) is 10.0. The van der Waals surface area contributed by atoms with E-state index in [1.807, 2.05) is 43.1 Å². The van der Waals surface area contributed by atoms with Crippen LogP contribution in [-0.2, 0) is 33.0 Å². The zero-order chi connectivity index (χ0) is 39.2. The van der Waals surface area contributed by atoms with Gasteiger partial charge in [-0.1, -0.05) is 70.8 Å². The van der Waals surface area contributed by atoms with E-state index in [-0.39, 0.29) is 44.2 Å². The van der Waals surface area contributed by atoms with Gasteiger partial charge in [0.15, 0.2) is 0 Å². The van der Waals surface area contributed by atoms with Crippen LogP contribution >= 0.6 is 0 Å². The van der Waals surface area contributed by atoms with Crippen LogP contribution < -0.4 is 22.4 Å². The van der Waals surface area contributed by atoms with E-state index in [4.69, 9.17) is 21.0 Å². The van der Waals surface area contributed by atoms with Crippen molar-refractivity contribution in [3.8, 4) is 22.7 Å². The van der Waals surface area contributed by atoms with Gasteiger partial charge in [0.2, 0.25) is 0 Å². The van der Waals surface area contributed by atoms with Crippen molar-refractivity contribution in [1.29, 1.82) is 0 Å². The fourth-order valence-electron chi connectivity index (χ4n) is 7.67. The summed E-state index contributed by atoms with van der Waals surface area (Å²) in [5.74, 6) is 0. The van der Waals surface area contributed by atoms with Gasteiger partial charge in [0.25, 0.3) is 0 Å². The van der Waals surface area contributed by atoms with Crippen molar-refractivity contribution in [2.75, 3.05) is 0 Å². The number of benzene rings is 4. The maximum absolute atomic E-state index is 10.9. The Kier molecular flexibility index (Phi) is 17.4. The molecule has 0 amide bonds. The summed E-state index contributed by atoms with van der Waals surface area (Å²) >= 11 is 0. The molecule has 2 aromatic heterocycles. The molecule has 4 aromatic carbocycles. The maximum atomic E-state index is 10.9. The van der Waals surface area contributed by atoms with Gasteiger partial charge in [0.1, 0.15) is 11.2 Å². The first kappa shape index (κ1) is 47.1. The third-order valence-electron chi connectivity index (χ3n) is 9.10. The van der Waals surface area contributed by atoms with Crippen molar-refractivity contribution in [2.24, 2.45) is 0 Å². The number of nitroso groups, excluding NO2 is 2. The van der Waals surface area contributed by atoms with Gasteiger partial charge in [-0.25, -0.2) is 0 Å². The Balaban J connectivity index is 0.000000478. The van der Waals surface area contributed by atoms with Crippen LogP contribution in [0, 0.1) is 92.9 Å². The molecule has 2 radical (unpaired) electrons. The molecule has 0 saturated heterocycles. The Morgan fingerprint density at radius 1 is 0.333 bits per heavy atom. The van der Waals surface area contributed by atoms with Gasteiger partial charge in [0, 0.05) is 44.2 Å². The molecule has 0 unspecified atom stereocenters. The van der Waals surface area contributed by atoms with E-state index in [1.165, 1.54) is 22.3 Å². The Labute approximate surface area is 338 Å². The van der Waals surface area contributed by atoms with E-state index in [9.17, 15) is 10.8 Å². The topological polar surface area (TPSA) is 143 Å². The Hall–Kier alpha value is -4.91. The van der Waals surface area contributed by atoms with Gasteiger partial charge in [-0.3, -0.25) is 0 Å². The molecule has 0 spiro atoms. The van der Waals surface area contributed by atoms with E-state index in [1.54, 1.807) is 0 Å². The van der Waals surface area contributed by atoms with Crippen molar-refractivity contribution in [2.45, 2.75) is 83.1 Å². The van der Waals surface area contributed by atoms with Crippen LogP contribution in [0.2, 0.25) is 0 Å². The summed E-state index contributed by atoms with van der Waals surface area (Å²) in [7, 11) is 0. The fraction of sp³-hybridized carbons (Fsp3) is 0.286. The second kappa shape index (κ2) is 20.0. The SMILES string of the molecule is Cc1cc(C)c(-n2ccn(-c3c(C)cc(C)cc3C)c2=[N-])c(C)c1.Cc1cc(C)c(-n2ccn(-c3c(C)cc(C)cc3C)c2=[N-])c(C)c1.[N]=O.[N]=O.[Ni].[Ni]. The van der Waals surface area contributed by atoms with E-state index >= 15 is 0 Å².